The third-order valence-corrected chi connectivity index (χ3v) is 2.90. The van der Waals surface area contributed by atoms with Gasteiger partial charge in [-0.25, -0.2) is 0 Å². The van der Waals surface area contributed by atoms with E-state index in [1.807, 2.05) is 12.1 Å². The van der Waals surface area contributed by atoms with Crippen molar-refractivity contribution in [1.29, 1.82) is 5.41 Å². The summed E-state index contributed by atoms with van der Waals surface area (Å²) in [5.74, 6) is 0. The number of benzene rings is 1. The molecule has 1 aromatic rings. The van der Waals surface area contributed by atoms with E-state index in [4.69, 9.17) is 5.41 Å². The third-order valence-electron chi connectivity index (χ3n) is 2.90. The van der Waals surface area contributed by atoms with Crippen LogP contribution in [0.15, 0.2) is 48.1 Å². The molecule has 0 saturated carbocycles. The van der Waals surface area contributed by atoms with E-state index in [1.165, 1.54) is 16.0 Å². The van der Waals surface area contributed by atoms with Gasteiger partial charge in [0.25, 0.3) is 0 Å². The first-order chi connectivity index (χ1) is 7.36. The lowest BCUT2D eigenvalue weighted by atomic mass is 10.0. The minimum absolute atomic E-state index is 0.734. The van der Waals surface area contributed by atoms with Crippen molar-refractivity contribution in [3.8, 4) is 0 Å². The van der Waals surface area contributed by atoms with Gasteiger partial charge in [0.2, 0.25) is 0 Å². The Labute approximate surface area is 88.3 Å². The molecule has 0 aliphatic heterocycles. The molecule has 3 rings (SSSR count). The summed E-state index contributed by atoms with van der Waals surface area (Å²) in [6.07, 6.45) is 9.16. The second kappa shape index (κ2) is 3.06. The van der Waals surface area contributed by atoms with E-state index < -0.39 is 0 Å². The molecule has 2 aliphatic carbocycles. The molecule has 0 radical (unpaired) electrons. The lowest BCUT2D eigenvalue weighted by Crippen LogP contribution is -2.27. The molecule has 0 bridgehead atoms. The van der Waals surface area contributed by atoms with E-state index in [1.54, 1.807) is 0 Å². The monoisotopic (exact) mass is 193 g/mol. The second-order valence-electron chi connectivity index (χ2n) is 3.83. The summed E-state index contributed by atoms with van der Waals surface area (Å²) in [4.78, 5) is 0. The summed E-state index contributed by atoms with van der Waals surface area (Å²) >= 11 is 0. The van der Waals surface area contributed by atoms with Crippen molar-refractivity contribution in [2.75, 3.05) is 0 Å². The predicted octanol–water partition coefficient (Wildman–Crippen LogP) is 1.54. The van der Waals surface area contributed by atoms with Crippen LogP contribution >= 0.6 is 0 Å². The molecule has 0 heterocycles. The number of rotatable bonds is 0. The van der Waals surface area contributed by atoms with Crippen molar-refractivity contribution < 1.29 is 0 Å². The molecule has 72 valence electrons. The van der Waals surface area contributed by atoms with Crippen LogP contribution in [0, 0.1) is 5.41 Å². The molecule has 0 saturated heterocycles. The largest absolute Gasteiger partial charge is 0.304 e. The fourth-order valence-electron chi connectivity index (χ4n) is 2.19. The molecule has 0 unspecified atom stereocenters. The highest BCUT2D eigenvalue weighted by atomic mass is 14.4. The molecule has 0 fully saturated rings. The SMILES string of the molecule is N=C1CC=C2C=CC=c3ccccc3=C12. The van der Waals surface area contributed by atoms with Crippen LogP contribution in [0.1, 0.15) is 6.42 Å². The maximum absolute atomic E-state index is 7.96. The molecule has 1 nitrogen and oxygen atoms in total. The third kappa shape index (κ3) is 1.20. The summed E-state index contributed by atoms with van der Waals surface area (Å²) in [7, 11) is 0. The molecule has 0 amide bonds. The lowest BCUT2D eigenvalue weighted by molar-refractivity contribution is 1.41. The number of fused-ring (bicyclic) bond motifs is 2. The molecule has 1 N–H and O–H groups in total. The van der Waals surface area contributed by atoms with E-state index in [0.29, 0.717) is 0 Å². The van der Waals surface area contributed by atoms with Crippen molar-refractivity contribution in [3.63, 3.8) is 0 Å². The van der Waals surface area contributed by atoms with Gasteiger partial charge in [-0.15, -0.1) is 0 Å². The van der Waals surface area contributed by atoms with Crippen LogP contribution in [-0.4, -0.2) is 5.71 Å². The molecule has 1 heteroatoms. The van der Waals surface area contributed by atoms with E-state index in [9.17, 15) is 0 Å². The van der Waals surface area contributed by atoms with Crippen LogP contribution < -0.4 is 10.4 Å². The highest BCUT2D eigenvalue weighted by Crippen LogP contribution is 2.23. The highest BCUT2D eigenvalue weighted by Gasteiger charge is 2.16. The Morgan fingerprint density at radius 1 is 1.13 bits per heavy atom. The average molecular weight is 193 g/mol. The summed E-state index contributed by atoms with van der Waals surface area (Å²) in [6, 6.07) is 8.27. The van der Waals surface area contributed by atoms with Gasteiger partial charge >= 0.3 is 0 Å². The van der Waals surface area contributed by atoms with Gasteiger partial charge in [0.1, 0.15) is 0 Å². The number of hydrogen-bond donors (Lipinski definition) is 1. The van der Waals surface area contributed by atoms with Crippen molar-refractivity contribution in [2.45, 2.75) is 6.42 Å². The fraction of sp³-hybridized carbons (Fsp3) is 0.0714. The first-order valence-electron chi connectivity index (χ1n) is 5.12. The first kappa shape index (κ1) is 8.42. The molecule has 0 spiro atoms. The minimum atomic E-state index is 0.734. The van der Waals surface area contributed by atoms with Crippen molar-refractivity contribution in [1.82, 2.24) is 0 Å². The summed E-state index contributed by atoms with van der Waals surface area (Å²) in [5, 5.41) is 10.4. The Balaban J connectivity index is 2.53. The lowest BCUT2D eigenvalue weighted by Gasteiger charge is -2.00. The Hall–Kier alpha value is -1.89. The average Bonchev–Trinajstić information content (AvgIpc) is 2.52. The van der Waals surface area contributed by atoms with Gasteiger partial charge in [-0.3, -0.25) is 0 Å². The van der Waals surface area contributed by atoms with Gasteiger partial charge in [0.05, 0.1) is 0 Å². The zero-order valence-electron chi connectivity index (χ0n) is 8.33. The summed E-state index contributed by atoms with van der Waals surface area (Å²) in [6.45, 7) is 0. The molecule has 0 aromatic heterocycles. The minimum Gasteiger partial charge on any atom is -0.304 e. The van der Waals surface area contributed by atoms with E-state index >= 15 is 0 Å². The van der Waals surface area contributed by atoms with Gasteiger partial charge in [-0.05, 0) is 16.0 Å². The van der Waals surface area contributed by atoms with Crippen LogP contribution in [0.5, 0.6) is 0 Å². The quantitative estimate of drug-likeness (QED) is 0.646. The molecule has 0 atom stereocenters. The maximum Gasteiger partial charge on any atom is 0.0436 e. The molecule has 1 aromatic carbocycles. The van der Waals surface area contributed by atoms with E-state index in [0.717, 1.165) is 17.7 Å². The zero-order chi connectivity index (χ0) is 10.3. The first-order valence-corrected chi connectivity index (χ1v) is 5.12. The van der Waals surface area contributed by atoms with Crippen molar-refractivity contribution in [3.05, 3.63) is 58.5 Å². The van der Waals surface area contributed by atoms with Gasteiger partial charge in [0, 0.05) is 17.7 Å². The Bertz CT molecular complexity index is 615. The Morgan fingerprint density at radius 2 is 2.00 bits per heavy atom. The van der Waals surface area contributed by atoms with Gasteiger partial charge < -0.3 is 5.41 Å². The molecule has 2 aliphatic rings. The number of hydrogen-bond acceptors (Lipinski definition) is 1. The van der Waals surface area contributed by atoms with Crippen molar-refractivity contribution >= 4 is 17.4 Å². The summed E-state index contributed by atoms with van der Waals surface area (Å²) in [5.41, 5.74) is 3.04. The van der Waals surface area contributed by atoms with Crippen LogP contribution in [0.2, 0.25) is 0 Å². The Morgan fingerprint density at radius 3 is 2.93 bits per heavy atom. The van der Waals surface area contributed by atoms with Crippen LogP contribution in [-0.2, 0) is 0 Å². The molecule has 15 heavy (non-hydrogen) atoms. The van der Waals surface area contributed by atoms with Gasteiger partial charge in [-0.1, -0.05) is 48.6 Å². The summed E-state index contributed by atoms with van der Waals surface area (Å²) < 4.78 is 0. The standard InChI is InChI=1S/C14H11N/c15-13-9-8-11-6-3-5-10-4-1-2-7-12(10)14(11)13/h1-8,15H,9H2. The van der Waals surface area contributed by atoms with Crippen LogP contribution in [0.4, 0.5) is 0 Å². The topological polar surface area (TPSA) is 23.9 Å². The normalized spacial score (nSPS) is 17.7. The Kier molecular flexibility index (Phi) is 1.72. The van der Waals surface area contributed by atoms with Crippen LogP contribution in [0.25, 0.3) is 11.6 Å². The van der Waals surface area contributed by atoms with E-state index in [2.05, 4.69) is 36.4 Å². The van der Waals surface area contributed by atoms with Gasteiger partial charge in [-0.2, -0.15) is 0 Å². The predicted molar refractivity (Wildman–Crippen MR) is 63.1 cm³/mol. The fourth-order valence-corrected chi connectivity index (χ4v) is 2.19. The number of allylic oxidation sites excluding steroid dienone is 4. The van der Waals surface area contributed by atoms with E-state index in [-0.39, 0.29) is 0 Å². The van der Waals surface area contributed by atoms with Gasteiger partial charge in [0.15, 0.2) is 0 Å². The highest BCUT2D eigenvalue weighted by molar-refractivity contribution is 6.26. The van der Waals surface area contributed by atoms with Crippen LogP contribution in [0.3, 0.4) is 0 Å². The molecular weight excluding hydrogens is 182 g/mol. The smallest absolute Gasteiger partial charge is 0.0436 e. The number of nitrogens with one attached hydrogen (secondary N) is 1. The zero-order valence-corrected chi connectivity index (χ0v) is 8.33. The van der Waals surface area contributed by atoms with Crippen molar-refractivity contribution in [2.24, 2.45) is 0 Å². The second-order valence-corrected chi connectivity index (χ2v) is 3.83. The maximum atomic E-state index is 7.96. The molecular formula is C14H11N.